The van der Waals surface area contributed by atoms with Gasteiger partial charge in [0.05, 0.1) is 19.8 Å². The molecule has 0 radical (unpaired) electrons. The Hall–Kier alpha value is -1.76. The maximum Gasteiger partial charge on any atom is 0.419 e. The Labute approximate surface area is 101 Å². The third-order valence-electron chi connectivity index (χ3n) is 2.27. The van der Waals surface area contributed by atoms with E-state index >= 15 is 0 Å². The topological polar surface area (TPSA) is 55.8 Å². The Balaban J connectivity index is 3.23. The van der Waals surface area contributed by atoms with Crippen molar-refractivity contribution in [1.29, 1.82) is 0 Å². The van der Waals surface area contributed by atoms with Crippen LogP contribution in [0, 0.1) is 0 Å². The number of ether oxygens (including phenoxy) is 2. The van der Waals surface area contributed by atoms with Gasteiger partial charge in [0.15, 0.2) is 6.10 Å². The van der Waals surface area contributed by atoms with Gasteiger partial charge in [-0.3, -0.25) is 0 Å². The summed E-state index contributed by atoms with van der Waals surface area (Å²) in [5.74, 6) is -1.42. The normalized spacial score (nSPS) is 13.0. The molecule has 0 fully saturated rings. The van der Waals surface area contributed by atoms with E-state index in [1.807, 2.05) is 0 Å². The molecule has 0 aliphatic rings. The summed E-state index contributed by atoms with van der Waals surface area (Å²) in [5.41, 5.74) is -1.28. The standard InChI is InChI=1S/C11H11F3O4/c1-17-8-4-3-6(9(15)10(16)18-2)5-7(8)11(12,13)14/h3-5,9,15H,1-2H3. The molecule has 1 rings (SSSR count). The number of esters is 1. The van der Waals surface area contributed by atoms with Crippen molar-refractivity contribution in [3.05, 3.63) is 29.3 Å². The predicted octanol–water partition coefficient (Wildman–Crippen LogP) is 1.92. The van der Waals surface area contributed by atoms with Gasteiger partial charge in [-0.05, 0) is 17.7 Å². The highest BCUT2D eigenvalue weighted by Crippen LogP contribution is 2.37. The summed E-state index contributed by atoms with van der Waals surface area (Å²) < 4.78 is 46.9. The van der Waals surface area contributed by atoms with Gasteiger partial charge < -0.3 is 14.6 Å². The Morgan fingerprint density at radius 1 is 1.33 bits per heavy atom. The summed E-state index contributed by atoms with van der Waals surface area (Å²) in [6.07, 6.45) is -6.40. The van der Waals surface area contributed by atoms with Gasteiger partial charge in [-0.25, -0.2) is 4.79 Å². The molecule has 1 N–H and O–H groups in total. The zero-order chi connectivity index (χ0) is 13.9. The van der Waals surface area contributed by atoms with Crippen molar-refractivity contribution >= 4 is 5.97 Å². The lowest BCUT2D eigenvalue weighted by molar-refractivity contribution is -0.151. The number of benzene rings is 1. The first-order valence-electron chi connectivity index (χ1n) is 4.82. The fraction of sp³-hybridized carbons (Fsp3) is 0.364. The summed E-state index contributed by atoms with van der Waals surface area (Å²) in [4.78, 5) is 11.0. The van der Waals surface area contributed by atoms with E-state index < -0.39 is 23.8 Å². The van der Waals surface area contributed by atoms with Gasteiger partial charge in [-0.15, -0.1) is 0 Å². The van der Waals surface area contributed by atoms with Crippen LogP contribution in [-0.2, 0) is 15.7 Å². The van der Waals surface area contributed by atoms with Crippen LogP contribution >= 0.6 is 0 Å². The molecule has 18 heavy (non-hydrogen) atoms. The molecule has 1 aromatic rings. The molecule has 0 spiro atoms. The molecule has 0 saturated carbocycles. The second-order valence-corrected chi connectivity index (χ2v) is 3.38. The molecule has 0 aliphatic heterocycles. The van der Waals surface area contributed by atoms with Crippen molar-refractivity contribution in [2.75, 3.05) is 14.2 Å². The number of rotatable bonds is 3. The van der Waals surface area contributed by atoms with Crippen LogP contribution in [0.25, 0.3) is 0 Å². The Morgan fingerprint density at radius 2 is 1.94 bits per heavy atom. The van der Waals surface area contributed by atoms with E-state index in [2.05, 4.69) is 9.47 Å². The highest BCUT2D eigenvalue weighted by molar-refractivity contribution is 5.76. The molecule has 7 heteroatoms. The number of aliphatic hydroxyl groups is 1. The molecule has 0 amide bonds. The molecule has 0 aromatic heterocycles. The highest BCUT2D eigenvalue weighted by Gasteiger charge is 2.35. The van der Waals surface area contributed by atoms with Gasteiger partial charge in [-0.1, -0.05) is 6.07 Å². The average Bonchev–Trinajstić information content (AvgIpc) is 2.35. The van der Waals surface area contributed by atoms with Crippen LogP contribution in [0.1, 0.15) is 17.2 Å². The highest BCUT2D eigenvalue weighted by atomic mass is 19.4. The van der Waals surface area contributed by atoms with Crippen molar-refractivity contribution in [1.82, 2.24) is 0 Å². The third kappa shape index (κ3) is 2.92. The molecule has 0 heterocycles. The fourth-order valence-corrected chi connectivity index (χ4v) is 1.36. The molecule has 0 aliphatic carbocycles. The zero-order valence-corrected chi connectivity index (χ0v) is 9.62. The van der Waals surface area contributed by atoms with Crippen molar-refractivity contribution in [2.24, 2.45) is 0 Å². The molecule has 1 unspecified atom stereocenters. The van der Waals surface area contributed by atoms with Gasteiger partial charge in [0, 0.05) is 0 Å². The van der Waals surface area contributed by atoms with E-state index in [1.54, 1.807) is 0 Å². The summed E-state index contributed by atoms with van der Waals surface area (Å²) in [5, 5.41) is 9.46. The van der Waals surface area contributed by atoms with E-state index in [0.717, 1.165) is 26.4 Å². The van der Waals surface area contributed by atoms with Crippen LogP contribution in [0.15, 0.2) is 18.2 Å². The van der Waals surface area contributed by atoms with E-state index in [9.17, 15) is 23.1 Å². The summed E-state index contributed by atoms with van der Waals surface area (Å²) in [6, 6.07) is 2.85. The first kappa shape index (κ1) is 14.3. The van der Waals surface area contributed by atoms with Crippen LogP contribution in [0.4, 0.5) is 13.2 Å². The number of carbonyl (C=O) groups excluding carboxylic acids is 1. The minimum atomic E-state index is -4.64. The lowest BCUT2D eigenvalue weighted by Gasteiger charge is -2.15. The maximum atomic E-state index is 12.7. The zero-order valence-electron chi connectivity index (χ0n) is 9.62. The minimum absolute atomic E-state index is 0.213. The van der Waals surface area contributed by atoms with Crippen molar-refractivity contribution < 1.29 is 32.5 Å². The molecule has 1 atom stereocenters. The van der Waals surface area contributed by atoms with Crippen LogP contribution in [-0.4, -0.2) is 25.3 Å². The number of alkyl halides is 3. The van der Waals surface area contributed by atoms with Crippen LogP contribution in [0.2, 0.25) is 0 Å². The van der Waals surface area contributed by atoms with Crippen molar-refractivity contribution in [3.8, 4) is 5.75 Å². The summed E-state index contributed by atoms with van der Waals surface area (Å²) in [6.45, 7) is 0. The van der Waals surface area contributed by atoms with Gasteiger partial charge in [-0.2, -0.15) is 13.2 Å². The van der Waals surface area contributed by atoms with E-state index in [1.165, 1.54) is 0 Å². The van der Waals surface area contributed by atoms with Gasteiger partial charge in [0.2, 0.25) is 0 Å². The van der Waals surface area contributed by atoms with Gasteiger partial charge >= 0.3 is 12.1 Å². The second kappa shape index (κ2) is 5.26. The molecular formula is C11H11F3O4. The van der Waals surface area contributed by atoms with Crippen molar-refractivity contribution in [2.45, 2.75) is 12.3 Å². The number of carbonyl (C=O) groups is 1. The first-order valence-corrected chi connectivity index (χ1v) is 4.82. The minimum Gasteiger partial charge on any atom is -0.496 e. The predicted molar refractivity (Wildman–Crippen MR) is 55.0 cm³/mol. The van der Waals surface area contributed by atoms with E-state index in [4.69, 9.17) is 0 Å². The lowest BCUT2D eigenvalue weighted by Crippen LogP contribution is -2.15. The number of hydrogen-bond donors (Lipinski definition) is 1. The second-order valence-electron chi connectivity index (χ2n) is 3.38. The quantitative estimate of drug-likeness (QED) is 0.847. The van der Waals surface area contributed by atoms with Crippen molar-refractivity contribution in [3.63, 3.8) is 0 Å². The van der Waals surface area contributed by atoms with Crippen LogP contribution in [0.3, 0.4) is 0 Å². The summed E-state index contributed by atoms with van der Waals surface area (Å²) in [7, 11) is 2.13. The molecule has 100 valence electrons. The van der Waals surface area contributed by atoms with E-state index in [-0.39, 0.29) is 11.3 Å². The Kier molecular flexibility index (Phi) is 4.18. The third-order valence-corrected chi connectivity index (χ3v) is 2.27. The van der Waals surface area contributed by atoms with Crippen LogP contribution in [0.5, 0.6) is 5.75 Å². The van der Waals surface area contributed by atoms with E-state index in [0.29, 0.717) is 6.07 Å². The number of aliphatic hydroxyl groups excluding tert-OH is 1. The Morgan fingerprint density at radius 3 is 2.39 bits per heavy atom. The monoisotopic (exact) mass is 264 g/mol. The number of methoxy groups -OCH3 is 2. The smallest absolute Gasteiger partial charge is 0.419 e. The summed E-state index contributed by atoms with van der Waals surface area (Å²) >= 11 is 0. The SMILES string of the molecule is COC(=O)C(O)c1ccc(OC)c(C(F)(F)F)c1. The molecular weight excluding hydrogens is 253 g/mol. The number of hydrogen-bond acceptors (Lipinski definition) is 4. The van der Waals surface area contributed by atoms with Gasteiger partial charge in [0.1, 0.15) is 5.75 Å². The number of halogens is 3. The largest absolute Gasteiger partial charge is 0.496 e. The molecule has 4 nitrogen and oxygen atoms in total. The van der Waals surface area contributed by atoms with Crippen LogP contribution < -0.4 is 4.74 Å². The molecule has 0 saturated heterocycles. The lowest BCUT2D eigenvalue weighted by atomic mass is 10.0. The van der Waals surface area contributed by atoms with Gasteiger partial charge in [0.25, 0.3) is 0 Å². The maximum absolute atomic E-state index is 12.7. The fourth-order valence-electron chi connectivity index (χ4n) is 1.36. The first-order chi connectivity index (χ1) is 8.31. The average molecular weight is 264 g/mol. The molecule has 0 bridgehead atoms. The Bertz CT molecular complexity index is 442. The molecule has 1 aromatic carbocycles.